The molecule has 1 heterocycles. The quantitative estimate of drug-likeness (QED) is 0.743. The number of hydrogen-bond donors (Lipinski definition) is 1. The number of sulfone groups is 1. The minimum atomic E-state index is -2.98. The van der Waals surface area contributed by atoms with Crippen molar-refractivity contribution < 1.29 is 8.42 Å². The fourth-order valence-corrected chi connectivity index (χ4v) is 3.04. The number of nitrogens with zero attached hydrogens (tertiary/aromatic N) is 1. The van der Waals surface area contributed by atoms with Crippen LogP contribution in [-0.4, -0.2) is 57.0 Å². The average molecular weight is 262 g/mol. The van der Waals surface area contributed by atoms with Crippen molar-refractivity contribution >= 4 is 9.84 Å². The average Bonchev–Trinajstić information content (AvgIpc) is 2.57. The number of hydrogen-bond acceptors (Lipinski definition) is 4. The minimum Gasteiger partial charge on any atom is -0.315 e. The fraction of sp³-hybridized carbons (Fsp3) is 1.00. The molecule has 1 rings (SSSR count). The maximum atomic E-state index is 11.9. The molecule has 4 nitrogen and oxygen atoms in total. The van der Waals surface area contributed by atoms with E-state index in [0.717, 1.165) is 19.6 Å². The molecule has 0 aromatic heterocycles. The molecule has 1 saturated heterocycles. The molecule has 0 aromatic carbocycles. The third-order valence-corrected chi connectivity index (χ3v) is 6.01. The summed E-state index contributed by atoms with van der Waals surface area (Å²) in [7, 11) is -0.848. The molecule has 1 aliphatic heterocycles. The van der Waals surface area contributed by atoms with E-state index in [1.54, 1.807) is 20.8 Å². The van der Waals surface area contributed by atoms with Crippen LogP contribution in [0.3, 0.4) is 0 Å². The third-order valence-electron chi connectivity index (χ3n) is 3.40. The van der Waals surface area contributed by atoms with E-state index < -0.39 is 14.6 Å². The first-order valence-corrected chi connectivity index (χ1v) is 7.99. The van der Waals surface area contributed by atoms with Gasteiger partial charge in [0.25, 0.3) is 0 Å². The van der Waals surface area contributed by atoms with Gasteiger partial charge in [-0.05, 0) is 53.2 Å². The van der Waals surface area contributed by atoms with Gasteiger partial charge in [0.2, 0.25) is 0 Å². The Morgan fingerprint density at radius 3 is 2.47 bits per heavy atom. The van der Waals surface area contributed by atoms with Gasteiger partial charge in [-0.1, -0.05) is 0 Å². The van der Waals surface area contributed by atoms with Gasteiger partial charge >= 0.3 is 0 Å². The lowest BCUT2D eigenvalue weighted by Crippen LogP contribution is -2.36. The van der Waals surface area contributed by atoms with Crippen LogP contribution in [0.5, 0.6) is 0 Å². The summed E-state index contributed by atoms with van der Waals surface area (Å²) in [5, 5.41) is 3.27. The van der Waals surface area contributed by atoms with E-state index in [0.29, 0.717) is 12.5 Å². The SMILES string of the molecule is CN1CCC(CNCCS(=O)(=O)C(C)(C)C)C1. The van der Waals surface area contributed by atoms with Crippen LogP contribution in [0.15, 0.2) is 0 Å². The van der Waals surface area contributed by atoms with Gasteiger partial charge in [0.1, 0.15) is 0 Å². The topological polar surface area (TPSA) is 49.4 Å². The second kappa shape index (κ2) is 5.67. The van der Waals surface area contributed by atoms with E-state index in [2.05, 4.69) is 17.3 Å². The zero-order valence-electron chi connectivity index (χ0n) is 11.5. The van der Waals surface area contributed by atoms with Crippen molar-refractivity contribution in [1.29, 1.82) is 0 Å². The normalized spacial score (nSPS) is 23.2. The standard InChI is InChI=1S/C12H26N2O2S/c1-12(2,3)17(15,16)8-6-13-9-11-5-7-14(4)10-11/h11,13H,5-10H2,1-4H3. The molecule has 1 atom stereocenters. The molecular formula is C12H26N2O2S. The Labute approximate surface area is 106 Å². The summed E-state index contributed by atoms with van der Waals surface area (Å²) in [6.07, 6.45) is 1.22. The van der Waals surface area contributed by atoms with Crippen LogP contribution < -0.4 is 5.32 Å². The van der Waals surface area contributed by atoms with Crippen LogP contribution in [0.1, 0.15) is 27.2 Å². The number of nitrogens with one attached hydrogen (secondary N) is 1. The Kier molecular flexibility index (Phi) is 4.98. The minimum absolute atomic E-state index is 0.235. The van der Waals surface area contributed by atoms with Crippen molar-refractivity contribution in [1.82, 2.24) is 10.2 Å². The first kappa shape index (κ1) is 14.9. The zero-order valence-corrected chi connectivity index (χ0v) is 12.3. The summed E-state index contributed by atoms with van der Waals surface area (Å²) in [5.41, 5.74) is 0. The Morgan fingerprint density at radius 2 is 2.00 bits per heavy atom. The number of rotatable bonds is 5. The molecular weight excluding hydrogens is 236 g/mol. The molecule has 1 aliphatic rings. The Morgan fingerprint density at radius 1 is 1.35 bits per heavy atom. The molecule has 1 unspecified atom stereocenters. The molecule has 17 heavy (non-hydrogen) atoms. The highest BCUT2D eigenvalue weighted by molar-refractivity contribution is 7.92. The summed E-state index contributed by atoms with van der Waals surface area (Å²) in [5.74, 6) is 0.913. The molecule has 0 aromatic rings. The lowest BCUT2D eigenvalue weighted by molar-refractivity contribution is 0.389. The van der Waals surface area contributed by atoms with Gasteiger partial charge in [0.15, 0.2) is 9.84 Å². The molecule has 102 valence electrons. The highest BCUT2D eigenvalue weighted by Gasteiger charge is 2.28. The van der Waals surface area contributed by atoms with E-state index in [9.17, 15) is 8.42 Å². The zero-order chi connectivity index (χ0) is 13.1. The van der Waals surface area contributed by atoms with Crippen LogP contribution >= 0.6 is 0 Å². The molecule has 1 N–H and O–H groups in total. The van der Waals surface area contributed by atoms with Gasteiger partial charge in [-0.3, -0.25) is 0 Å². The molecule has 0 spiro atoms. The van der Waals surface area contributed by atoms with E-state index in [-0.39, 0.29) is 5.75 Å². The van der Waals surface area contributed by atoms with Crippen molar-refractivity contribution in [2.45, 2.75) is 31.9 Å². The number of likely N-dealkylation sites (tertiary alicyclic amines) is 1. The molecule has 0 bridgehead atoms. The Bertz CT molecular complexity index is 333. The van der Waals surface area contributed by atoms with Crippen LogP contribution in [0, 0.1) is 5.92 Å². The van der Waals surface area contributed by atoms with Gasteiger partial charge < -0.3 is 10.2 Å². The molecule has 0 amide bonds. The van der Waals surface area contributed by atoms with Crippen LogP contribution in [0.25, 0.3) is 0 Å². The maximum absolute atomic E-state index is 11.9. The predicted molar refractivity (Wildman–Crippen MR) is 72.0 cm³/mol. The summed E-state index contributed by atoms with van der Waals surface area (Å²) >= 11 is 0. The Balaban J connectivity index is 2.21. The van der Waals surface area contributed by atoms with Crippen LogP contribution in [0.4, 0.5) is 0 Å². The second-order valence-corrected chi connectivity index (χ2v) is 8.91. The molecule has 0 aliphatic carbocycles. The lowest BCUT2D eigenvalue weighted by atomic mass is 10.1. The third kappa shape index (κ3) is 4.56. The van der Waals surface area contributed by atoms with Gasteiger partial charge in [-0.25, -0.2) is 8.42 Å². The molecule has 0 radical (unpaired) electrons. The summed E-state index contributed by atoms with van der Waals surface area (Å²) < 4.78 is 23.1. The molecule has 1 fully saturated rings. The van der Waals surface area contributed by atoms with Gasteiger partial charge in [-0.2, -0.15) is 0 Å². The highest BCUT2D eigenvalue weighted by atomic mass is 32.2. The summed E-state index contributed by atoms with van der Waals surface area (Å²) in [4.78, 5) is 2.32. The van der Waals surface area contributed by atoms with Crippen molar-refractivity contribution in [3.8, 4) is 0 Å². The van der Waals surface area contributed by atoms with Crippen LogP contribution in [-0.2, 0) is 9.84 Å². The van der Waals surface area contributed by atoms with E-state index in [1.807, 2.05) is 0 Å². The summed E-state index contributed by atoms with van der Waals surface area (Å²) in [6.45, 7) is 9.06. The van der Waals surface area contributed by atoms with Gasteiger partial charge in [0, 0.05) is 13.1 Å². The van der Waals surface area contributed by atoms with Crippen LogP contribution in [0.2, 0.25) is 0 Å². The van der Waals surface area contributed by atoms with Crippen molar-refractivity contribution in [3.05, 3.63) is 0 Å². The van der Waals surface area contributed by atoms with E-state index >= 15 is 0 Å². The fourth-order valence-electron chi connectivity index (χ4n) is 2.01. The monoisotopic (exact) mass is 262 g/mol. The van der Waals surface area contributed by atoms with Crippen molar-refractivity contribution in [3.63, 3.8) is 0 Å². The smallest absolute Gasteiger partial charge is 0.156 e. The van der Waals surface area contributed by atoms with E-state index in [4.69, 9.17) is 0 Å². The van der Waals surface area contributed by atoms with Gasteiger partial charge in [-0.15, -0.1) is 0 Å². The van der Waals surface area contributed by atoms with Crippen molar-refractivity contribution in [2.75, 3.05) is 39.0 Å². The lowest BCUT2D eigenvalue weighted by Gasteiger charge is -2.19. The molecule has 5 heteroatoms. The largest absolute Gasteiger partial charge is 0.315 e. The van der Waals surface area contributed by atoms with Crippen molar-refractivity contribution in [2.24, 2.45) is 5.92 Å². The maximum Gasteiger partial charge on any atom is 0.156 e. The predicted octanol–water partition coefficient (Wildman–Crippen LogP) is 0.741. The summed E-state index contributed by atoms with van der Waals surface area (Å²) in [6, 6.07) is 0. The first-order chi connectivity index (χ1) is 7.72. The molecule has 0 saturated carbocycles. The highest BCUT2D eigenvalue weighted by Crippen LogP contribution is 2.15. The van der Waals surface area contributed by atoms with E-state index in [1.165, 1.54) is 6.42 Å². The van der Waals surface area contributed by atoms with Gasteiger partial charge in [0.05, 0.1) is 10.5 Å². The Hall–Kier alpha value is -0.130. The second-order valence-electron chi connectivity index (χ2n) is 6.05. The first-order valence-electron chi connectivity index (χ1n) is 6.34.